The zero-order valence-electron chi connectivity index (χ0n) is 23.9. The van der Waals surface area contributed by atoms with E-state index in [0.717, 1.165) is 67.7 Å². The highest BCUT2D eigenvalue weighted by molar-refractivity contribution is 5.70. The Kier molecular flexibility index (Phi) is 9.06. The zero-order valence-corrected chi connectivity index (χ0v) is 23.9. The maximum atomic E-state index is 4.71. The normalized spacial score (nSPS) is 11.0. The number of nitrogens with zero attached hydrogens (tertiary/aromatic N) is 6. The molecule has 6 heteroatoms. The fourth-order valence-corrected chi connectivity index (χ4v) is 5.12. The molecule has 1 aromatic heterocycles. The van der Waals surface area contributed by atoms with Crippen molar-refractivity contribution >= 4 is 17.1 Å². The van der Waals surface area contributed by atoms with Crippen LogP contribution in [-0.2, 0) is 0 Å². The monoisotopic (exact) mass is 510 g/mol. The van der Waals surface area contributed by atoms with E-state index in [1.165, 1.54) is 17.1 Å². The lowest BCUT2D eigenvalue weighted by molar-refractivity contribution is 0.865. The number of benzene rings is 3. The summed E-state index contributed by atoms with van der Waals surface area (Å²) in [5.74, 6) is 1.68. The van der Waals surface area contributed by atoms with E-state index in [2.05, 4.69) is 134 Å². The Balaban J connectivity index is 1.80. The average Bonchev–Trinajstić information content (AvgIpc) is 3.41. The van der Waals surface area contributed by atoms with E-state index >= 15 is 0 Å². The first kappa shape index (κ1) is 27.2. The van der Waals surface area contributed by atoms with Crippen LogP contribution in [0.2, 0.25) is 0 Å². The zero-order chi connectivity index (χ0) is 27.1. The van der Waals surface area contributed by atoms with E-state index in [4.69, 9.17) is 10.2 Å². The fraction of sp³-hybridized carbons (Fsp3) is 0.375. The van der Waals surface area contributed by atoms with Crippen LogP contribution in [0.5, 0.6) is 0 Å². The van der Waals surface area contributed by atoms with Gasteiger partial charge < -0.3 is 14.7 Å². The minimum Gasteiger partial charge on any atom is -0.372 e. The van der Waals surface area contributed by atoms with E-state index in [1.54, 1.807) is 0 Å². The molecule has 0 amide bonds. The molecule has 3 aromatic carbocycles. The summed E-state index contributed by atoms with van der Waals surface area (Å²) >= 11 is 0. The fourth-order valence-electron chi connectivity index (χ4n) is 5.12. The molecule has 0 saturated carbocycles. The molecule has 0 saturated heterocycles. The molecule has 0 spiro atoms. The Morgan fingerprint density at radius 3 is 1.03 bits per heavy atom. The van der Waals surface area contributed by atoms with Gasteiger partial charge in [-0.2, -0.15) is 0 Å². The molecule has 4 aromatic rings. The van der Waals surface area contributed by atoms with Crippen molar-refractivity contribution in [1.29, 1.82) is 0 Å². The van der Waals surface area contributed by atoms with E-state index in [9.17, 15) is 0 Å². The van der Waals surface area contributed by atoms with Crippen molar-refractivity contribution in [3.63, 3.8) is 0 Å². The van der Waals surface area contributed by atoms with Crippen LogP contribution in [0.4, 0.5) is 17.1 Å². The van der Waals surface area contributed by atoms with Crippen LogP contribution in [-0.4, -0.2) is 54.0 Å². The number of aromatic nitrogens is 3. The second-order valence-electron chi connectivity index (χ2n) is 9.31. The van der Waals surface area contributed by atoms with Gasteiger partial charge in [-0.15, -0.1) is 10.2 Å². The van der Waals surface area contributed by atoms with Crippen LogP contribution in [0.1, 0.15) is 41.5 Å². The molecule has 0 aliphatic rings. The lowest BCUT2D eigenvalue weighted by atomic mass is 10.1. The maximum Gasteiger partial charge on any atom is 0.168 e. The van der Waals surface area contributed by atoms with Crippen LogP contribution in [0.3, 0.4) is 0 Å². The number of anilines is 3. The number of hydrogen-bond acceptors (Lipinski definition) is 5. The van der Waals surface area contributed by atoms with Gasteiger partial charge in [-0.1, -0.05) is 0 Å². The second-order valence-corrected chi connectivity index (χ2v) is 9.31. The molecular weight excluding hydrogens is 468 g/mol. The van der Waals surface area contributed by atoms with Gasteiger partial charge in [0.15, 0.2) is 11.6 Å². The Morgan fingerprint density at radius 2 is 0.737 bits per heavy atom. The standard InChI is InChI=1S/C32H42N6/c1-7-35(8-2)27-17-13-25(14-18-27)31-33-34-32(26-15-19-28(20-16-26)36(9-3)10-4)38(31)30-23-21-29(22-24-30)37(11-5)12-6/h13-24H,7-12H2,1-6H3. The SMILES string of the molecule is CCN(CC)c1ccc(-c2nnc(-c3ccc(N(CC)CC)cc3)n2-c2ccc(N(CC)CC)cc2)cc1. The second kappa shape index (κ2) is 12.6. The Hall–Kier alpha value is -3.80. The van der Waals surface area contributed by atoms with Crippen molar-refractivity contribution in [1.82, 2.24) is 14.8 Å². The highest BCUT2D eigenvalue weighted by atomic mass is 15.3. The van der Waals surface area contributed by atoms with Crippen molar-refractivity contribution in [2.75, 3.05) is 54.0 Å². The summed E-state index contributed by atoms with van der Waals surface area (Å²) in [5, 5.41) is 9.42. The van der Waals surface area contributed by atoms with Gasteiger partial charge >= 0.3 is 0 Å². The summed E-state index contributed by atoms with van der Waals surface area (Å²) in [7, 11) is 0. The van der Waals surface area contributed by atoms with E-state index in [0.29, 0.717) is 0 Å². The highest BCUT2D eigenvalue weighted by Crippen LogP contribution is 2.31. The quantitative estimate of drug-likeness (QED) is 0.203. The topological polar surface area (TPSA) is 40.4 Å². The first-order valence-corrected chi connectivity index (χ1v) is 14.1. The Labute approximate surface area is 228 Å². The van der Waals surface area contributed by atoms with E-state index < -0.39 is 0 Å². The molecule has 0 bridgehead atoms. The minimum absolute atomic E-state index is 0.842. The summed E-state index contributed by atoms with van der Waals surface area (Å²) in [6.45, 7) is 19.0. The van der Waals surface area contributed by atoms with Crippen LogP contribution in [0.15, 0.2) is 72.8 Å². The lowest BCUT2D eigenvalue weighted by Gasteiger charge is -2.22. The maximum absolute atomic E-state index is 4.71. The van der Waals surface area contributed by atoms with Gasteiger partial charge in [0, 0.05) is 73.1 Å². The average molecular weight is 511 g/mol. The molecule has 0 aliphatic heterocycles. The van der Waals surface area contributed by atoms with E-state index in [1.807, 2.05) is 0 Å². The Morgan fingerprint density at radius 1 is 0.447 bits per heavy atom. The van der Waals surface area contributed by atoms with E-state index in [-0.39, 0.29) is 0 Å². The summed E-state index contributed by atoms with van der Waals surface area (Å²) in [4.78, 5) is 7.06. The highest BCUT2D eigenvalue weighted by Gasteiger charge is 2.18. The van der Waals surface area contributed by atoms with Gasteiger partial charge in [0.1, 0.15) is 0 Å². The molecule has 0 aliphatic carbocycles. The predicted molar refractivity (Wildman–Crippen MR) is 163 cm³/mol. The van der Waals surface area contributed by atoms with Gasteiger partial charge in [-0.25, -0.2) is 0 Å². The minimum atomic E-state index is 0.842. The molecule has 0 atom stereocenters. The van der Waals surface area contributed by atoms with Crippen LogP contribution < -0.4 is 14.7 Å². The third-order valence-corrected chi connectivity index (χ3v) is 7.41. The van der Waals surface area contributed by atoms with Crippen molar-refractivity contribution < 1.29 is 0 Å². The van der Waals surface area contributed by atoms with Crippen molar-refractivity contribution in [3.8, 4) is 28.5 Å². The predicted octanol–water partition coefficient (Wildman–Crippen LogP) is 7.14. The number of rotatable bonds is 12. The summed E-state index contributed by atoms with van der Waals surface area (Å²) in [6, 6.07) is 26.1. The molecule has 0 unspecified atom stereocenters. The first-order valence-electron chi connectivity index (χ1n) is 14.1. The van der Waals surface area contributed by atoms with Gasteiger partial charge in [0.05, 0.1) is 0 Å². The third kappa shape index (κ3) is 5.54. The number of hydrogen-bond donors (Lipinski definition) is 0. The lowest BCUT2D eigenvalue weighted by Crippen LogP contribution is -2.21. The van der Waals surface area contributed by atoms with Crippen LogP contribution in [0, 0.1) is 0 Å². The molecule has 200 valence electrons. The molecule has 1 heterocycles. The molecule has 0 fully saturated rings. The largest absolute Gasteiger partial charge is 0.372 e. The van der Waals surface area contributed by atoms with Crippen molar-refractivity contribution in [2.24, 2.45) is 0 Å². The van der Waals surface area contributed by atoms with Gasteiger partial charge in [-0.05, 0) is 114 Å². The van der Waals surface area contributed by atoms with Crippen LogP contribution >= 0.6 is 0 Å². The van der Waals surface area contributed by atoms with Gasteiger partial charge in [-0.3, -0.25) is 4.57 Å². The summed E-state index contributed by atoms with van der Waals surface area (Å²) in [5.41, 5.74) is 6.82. The summed E-state index contributed by atoms with van der Waals surface area (Å²) in [6.07, 6.45) is 0. The molecule has 4 rings (SSSR count). The van der Waals surface area contributed by atoms with Gasteiger partial charge in [0.2, 0.25) is 0 Å². The molecule has 0 radical (unpaired) electrons. The third-order valence-electron chi connectivity index (χ3n) is 7.41. The first-order chi connectivity index (χ1) is 18.6. The molecule has 6 nitrogen and oxygen atoms in total. The smallest absolute Gasteiger partial charge is 0.168 e. The Bertz CT molecular complexity index is 1190. The van der Waals surface area contributed by atoms with Crippen LogP contribution in [0.25, 0.3) is 28.5 Å². The summed E-state index contributed by atoms with van der Waals surface area (Å²) < 4.78 is 2.19. The van der Waals surface area contributed by atoms with Gasteiger partial charge in [0.25, 0.3) is 0 Å². The molecular formula is C32H42N6. The van der Waals surface area contributed by atoms with Crippen molar-refractivity contribution in [3.05, 3.63) is 72.8 Å². The van der Waals surface area contributed by atoms with Crippen molar-refractivity contribution in [2.45, 2.75) is 41.5 Å². The molecule has 38 heavy (non-hydrogen) atoms. The molecule has 0 N–H and O–H groups in total.